The molecule has 6 heteroatoms. The van der Waals surface area contributed by atoms with Gasteiger partial charge in [-0.2, -0.15) is 0 Å². The van der Waals surface area contributed by atoms with Gasteiger partial charge in [0, 0.05) is 42.0 Å². The fourth-order valence-corrected chi connectivity index (χ4v) is 4.54. The average Bonchev–Trinajstić information content (AvgIpc) is 2.68. The van der Waals surface area contributed by atoms with Gasteiger partial charge in [0.15, 0.2) is 5.78 Å². The summed E-state index contributed by atoms with van der Waals surface area (Å²) in [6.07, 6.45) is 5.52. The average molecular weight is 413 g/mol. The fourth-order valence-electron chi connectivity index (χ4n) is 4.41. The lowest BCUT2D eigenvalue weighted by Crippen LogP contribution is -2.42. The number of hydrogen-bond acceptors (Lipinski definition) is 3. The molecule has 1 aromatic carbocycles. The SMILES string of the molecule is CC1(C)CC(=O)c2cn(-c3ccc(Cl)cc3)c(=O)c(C(=O)N3CCCCC3)c2C1. The van der Waals surface area contributed by atoms with Crippen LogP contribution in [0.4, 0.5) is 0 Å². The number of amides is 1. The molecule has 1 saturated heterocycles. The van der Waals surface area contributed by atoms with Gasteiger partial charge in [0.25, 0.3) is 11.5 Å². The summed E-state index contributed by atoms with van der Waals surface area (Å²) in [5.74, 6) is -0.272. The van der Waals surface area contributed by atoms with Crippen LogP contribution in [0.5, 0.6) is 0 Å². The van der Waals surface area contributed by atoms with Crippen LogP contribution in [0.15, 0.2) is 35.3 Å². The van der Waals surface area contributed by atoms with E-state index >= 15 is 0 Å². The Labute approximate surface area is 175 Å². The molecule has 0 radical (unpaired) electrons. The third kappa shape index (κ3) is 3.76. The van der Waals surface area contributed by atoms with Gasteiger partial charge in [0.05, 0.1) is 0 Å². The zero-order valence-electron chi connectivity index (χ0n) is 16.8. The van der Waals surface area contributed by atoms with E-state index in [1.807, 2.05) is 13.8 Å². The van der Waals surface area contributed by atoms with E-state index in [0.717, 1.165) is 19.3 Å². The van der Waals surface area contributed by atoms with Crippen LogP contribution in [0, 0.1) is 5.41 Å². The van der Waals surface area contributed by atoms with Crippen molar-refractivity contribution in [1.82, 2.24) is 9.47 Å². The molecule has 152 valence electrons. The third-order valence-electron chi connectivity index (χ3n) is 5.87. The summed E-state index contributed by atoms with van der Waals surface area (Å²) in [7, 11) is 0. The molecular weight excluding hydrogens is 388 g/mol. The van der Waals surface area contributed by atoms with E-state index in [0.29, 0.717) is 47.8 Å². The van der Waals surface area contributed by atoms with Crippen LogP contribution in [0.25, 0.3) is 5.69 Å². The topological polar surface area (TPSA) is 59.4 Å². The second-order valence-electron chi connectivity index (χ2n) is 8.84. The molecule has 1 aliphatic heterocycles. The van der Waals surface area contributed by atoms with Crippen molar-refractivity contribution in [2.75, 3.05) is 13.1 Å². The summed E-state index contributed by atoms with van der Waals surface area (Å²) in [6.45, 7) is 5.32. The quantitative estimate of drug-likeness (QED) is 0.739. The first-order chi connectivity index (χ1) is 13.8. The monoisotopic (exact) mass is 412 g/mol. The first kappa shape index (κ1) is 19.9. The third-order valence-corrected chi connectivity index (χ3v) is 6.13. The van der Waals surface area contributed by atoms with E-state index in [9.17, 15) is 14.4 Å². The summed E-state index contributed by atoms with van der Waals surface area (Å²) in [5.41, 5.74) is 1.19. The van der Waals surface area contributed by atoms with Crippen LogP contribution in [-0.2, 0) is 6.42 Å². The van der Waals surface area contributed by atoms with Crippen molar-refractivity contribution in [2.24, 2.45) is 5.41 Å². The minimum Gasteiger partial charge on any atom is -0.338 e. The summed E-state index contributed by atoms with van der Waals surface area (Å²) in [5, 5.41) is 0.558. The number of pyridine rings is 1. The highest BCUT2D eigenvalue weighted by Crippen LogP contribution is 2.36. The predicted octanol–water partition coefficient (Wildman–Crippen LogP) is 4.27. The molecule has 2 aliphatic rings. The lowest BCUT2D eigenvalue weighted by Gasteiger charge is -2.33. The molecule has 2 heterocycles. The first-order valence-electron chi connectivity index (χ1n) is 10.1. The molecule has 0 unspecified atom stereocenters. The van der Waals surface area contributed by atoms with Gasteiger partial charge in [0.2, 0.25) is 0 Å². The zero-order valence-corrected chi connectivity index (χ0v) is 17.6. The summed E-state index contributed by atoms with van der Waals surface area (Å²) >= 11 is 5.99. The van der Waals surface area contributed by atoms with Crippen LogP contribution >= 0.6 is 11.6 Å². The van der Waals surface area contributed by atoms with E-state index in [1.165, 1.54) is 4.57 Å². The molecule has 0 spiro atoms. The van der Waals surface area contributed by atoms with Crippen molar-refractivity contribution in [3.8, 4) is 5.69 Å². The molecule has 1 fully saturated rings. The molecule has 4 rings (SSSR count). The van der Waals surface area contributed by atoms with Crippen LogP contribution in [0.3, 0.4) is 0 Å². The van der Waals surface area contributed by atoms with Gasteiger partial charge in [-0.1, -0.05) is 25.4 Å². The number of halogens is 1. The molecule has 1 amide bonds. The maximum Gasteiger partial charge on any atom is 0.268 e. The van der Waals surface area contributed by atoms with E-state index in [1.54, 1.807) is 35.4 Å². The Kier molecular flexibility index (Phi) is 5.11. The first-order valence-corrected chi connectivity index (χ1v) is 10.5. The van der Waals surface area contributed by atoms with E-state index in [-0.39, 0.29) is 28.2 Å². The van der Waals surface area contributed by atoms with Crippen LogP contribution < -0.4 is 5.56 Å². The molecule has 1 aliphatic carbocycles. The summed E-state index contributed by atoms with van der Waals surface area (Å²) in [6, 6.07) is 6.84. The standard InChI is InChI=1S/C23H25ClN2O3/c1-23(2)12-17-18(19(27)13-23)14-26(16-8-6-15(24)7-9-16)22(29)20(17)21(28)25-10-4-3-5-11-25/h6-9,14H,3-5,10-13H2,1-2H3. The lowest BCUT2D eigenvalue weighted by molar-refractivity contribution is 0.0719. The van der Waals surface area contributed by atoms with Crippen molar-refractivity contribution in [2.45, 2.75) is 46.0 Å². The van der Waals surface area contributed by atoms with Crippen LogP contribution in [-0.4, -0.2) is 34.2 Å². The van der Waals surface area contributed by atoms with E-state index in [4.69, 9.17) is 11.6 Å². The number of hydrogen-bond donors (Lipinski definition) is 0. The predicted molar refractivity (Wildman–Crippen MR) is 113 cm³/mol. The zero-order chi connectivity index (χ0) is 20.8. The number of likely N-dealkylation sites (tertiary alicyclic amines) is 1. The van der Waals surface area contributed by atoms with Gasteiger partial charge >= 0.3 is 0 Å². The Morgan fingerprint density at radius 3 is 2.31 bits per heavy atom. The summed E-state index contributed by atoms with van der Waals surface area (Å²) in [4.78, 5) is 41.6. The number of rotatable bonds is 2. The highest BCUT2D eigenvalue weighted by atomic mass is 35.5. The van der Waals surface area contributed by atoms with Crippen LogP contribution in [0.2, 0.25) is 5.02 Å². The molecule has 0 saturated carbocycles. The molecule has 1 aromatic heterocycles. The smallest absolute Gasteiger partial charge is 0.268 e. The van der Waals surface area contributed by atoms with Crippen molar-refractivity contribution in [1.29, 1.82) is 0 Å². The molecule has 2 aromatic rings. The maximum absolute atomic E-state index is 13.5. The molecule has 29 heavy (non-hydrogen) atoms. The van der Waals surface area contributed by atoms with Gasteiger partial charge < -0.3 is 4.90 Å². The number of nitrogens with zero attached hydrogens (tertiary/aromatic N) is 2. The number of carbonyl (C=O) groups is 2. The van der Waals surface area contributed by atoms with Crippen molar-refractivity contribution < 1.29 is 9.59 Å². The highest BCUT2D eigenvalue weighted by molar-refractivity contribution is 6.30. The second kappa shape index (κ2) is 7.45. The highest BCUT2D eigenvalue weighted by Gasteiger charge is 2.37. The van der Waals surface area contributed by atoms with Gasteiger partial charge in [-0.15, -0.1) is 0 Å². The molecular formula is C23H25ClN2O3. The Hall–Kier alpha value is -2.40. The Bertz CT molecular complexity index is 1030. The number of carbonyl (C=O) groups excluding carboxylic acids is 2. The number of piperidine rings is 1. The van der Waals surface area contributed by atoms with Gasteiger partial charge in [-0.05, 0) is 60.9 Å². The Morgan fingerprint density at radius 2 is 1.66 bits per heavy atom. The van der Waals surface area contributed by atoms with Crippen molar-refractivity contribution in [3.05, 3.63) is 62.5 Å². The van der Waals surface area contributed by atoms with Gasteiger partial charge in [0.1, 0.15) is 5.56 Å². The number of benzene rings is 1. The minimum atomic E-state index is -0.368. The number of fused-ring (bicyclic) bond motifs is 1. The van der Waals surface area contributed by atoms with Gasteiger partial charge in [-0.3, -0.25) is 19.0 Å². The Morgan fingerprint density at radius 1 is 1.00 bits per heavy atom. The maximum atomic E-state index is 13.5. The Balaban J connectivity index is 1.93. The lowest BCUT2D eigenvalue weighted by atomic mass is 9.73. The summed E-state index contributed by atoms with van der Waals surface area (Å²) < 4.78 is 1.42. The fraction of sp³-hybridized carbons (Fsp3) is 0.435. The number of aromatic nitrogens is 1. The molecule has 0 N–H and O–H groups in total. The van der Waals surface area contributed by atoms with E-state index < -0.39 is 0 Å². The van der Waals surface area contributed by atoms with Gasteiger partial charge in [-0.25, -0.2) is 0 Å². The normalized spacial score (nSPS) is 18.4. The largest absolute Gasteiger partial charge is 0.338 e. The molecule has 5 nitrogen and oxygen atoms in total. The number of ketones is 1. The molecule has 0 atom stereocenters. The van der Waals surface area contributed by atoms with E-state index in [2.05, 4.69) is 0 Å². The van der Waals surface area contributed by atoms with Crippen molar-refractivity contribution >= 4 is 23.3 Å². The molecule has 0 bridgehead atoms. The minimum absolute atomic E-state index is 0.0216. The second-order valence-corrected chi connectivity index (χ2v) is 9.28. The van der Waals surface area contributed by atoms with Crippen molar-refractivity contribution in [3.63, 3.8) is 0 Å². The number of Topliss-reactive ketones (excluding diaryl/α,β-unsaturated/α-hetero) is 1. The van der Waals surface area contributed by atoms with Crippen LogP contribution in [0.1, 0.15) is 65.8 Å².